The zero-order valence-corrected chi connectivity index (χ0v) is 14.6. The number of imidazole rings is 1. The van der Waals surface area contributed by atoms with Gasteiger partial charge in [0.25, 0.3) is 5.91 Å². The maximum atomic E-state index is 13.0. The Morgan fingerprint density at radius 3 is 2.81 bits per heavy atom. The summed E-state index contributed by atoms with van der Waals surface area (Å²) in [6, 6.07) is 7.55. The van der Waals surface area contributed by atoms with Gasteiger partial charge in [0, 0.05) is 19.2 Å². The summed E-state index contributed by atoms with van der Waals surface area (Å²) < 4.78 is 20.5. The summed E-state index contributed by atoms with van der Waals surface area (Å²) in [6.07, 6.45) is 3.88. The highest BCUT2D eigenvalue weighted by molar-refractivity contribution is 5.98. The van der Waals surface area contributed by atoms with Crippen molar-refractivity contribution in [2.45, 2.75) is 32.7 Å². The number of aromatic nitrogens is 3. The molecule has 6 nitrogen and oxygen atoms in total. The number of fused-ring (bicyclic) bond motifs is 1. The minimum absolute atomic E-state index is 0. The quantitative estimate of drug-likeness (QED) is 0.756. The van der Waals surface area contributed by atoms with E-state index in [0.717, 1.165) is 18.5 Å². The number of ether oxygens (including phenoxy) is 1. The van der Waals surface area contributed by atoms with Crippen LogP contribution >= 0.6 is 0 Å². The van der Waals surface area contributed by atoms with Gasteiger partial charge in [-0.2, -0.15) is 4.98 Å². The largest absolute Gasteiger partial charge is 0.439 e. The van der Waals surface area contributed by atoms with Crippen molar-refractivity contribution in [3.8, 4) is 11.6 Å². The maximum Gasteiger partial charge on any atom is 0.274 e. The minimum atomic E-state index is -0.337. The molecule has 1 saturated carbocycles. The lowest BCUT2D eigenvalue weighted by Gasteiger charge is -2.12. The molecule has 0 spiro atoms. The molecule has 3 aromatic rings. The Labute approximate surface area is 151 Å². The third kappa shape index (κ3) is 3.24. The fourth-order valence-electron chi connectivity index (χ4n) is 2.92. The van der Waals surface area contributed by atoms with Crippen LogP contribution in [0.2, 0.25) is 0 Å². The number of benzene rings is 1. The van der Waals surface area contributed by atoms with E-state index in [1.165, 1.54) is 24.3 Å². The molecule has 4 rings (SSSR count). The second-order valence-corrected chi connectivity index (χ2v) is 6.68. The van der Waals surface area contributed by atoms with Crippen LogP contribution in [0.25, 0.3) is 5.65 Å². The van der Waals surface area contributed by atoms with Crippen LogP contribution in [-0.4, -0.2) is 26.3 Å². The van der Waals surface area contributed by atoms with Gasteiger partial charge < -0.3 is 10.1 Å². The monoisotopic (exact) mass is 356 g/mol. The number of nitrogens with zero attached hydrogens (tertiary/aromatic N) is 3. The lowest BCUT2D eigenvalue weighted by molar-refractivity contribution is 0.0933. The van der Waals surface area contributed by atoms with E-state index in [9.17, 15) is 9.18 Å². The Balaban J connectivity index is 0.00000210. The van der Waals surface area contributed by atoms with E-state index in [1.54, 1.807) is 16.8 Å². The number of hydrogen-bond donors (Lipinski definition) is 1. The molecule has 0 aliphatic heterocycles. The molecule has 1 aliphatic carbocycles. The van der Waals surface area contributed by atoms with Gasteiger partial charge >= 0.3 is 0 Å². The molecular formula is C19H21FN4O2. The Morgan fingerprint density at radius 1 is 1.38 bits per heavy atom. The van der Waals surface area contributed by atoms with E-state index >= 15 is 0 Å². The van der Waals surface area contributed by atoms with E-state index in [-0.39, 0.29) is 24.9 Å². The first-order valence-electron chi connectivity index (χ1n) is 8.60. The van der Waals surface area contributed by atoms with Gasteiger partial charge in [0.05, 0.1) is 0 Å². The molecule has 1 fully saturated rings. The molecule has 1 N–H and O–H groups in total. The highest BCUT2D eigenvalue weighted by Gasteiger charge is 2.30. The number of rotatable bonds is 5. The molecule has 2 heterocycles. The zero-order chi connectivity index (χ0) is 18.3. The van der Waals surface area contributed by atoms with E-state index in [1.807, 2.05) is 13.8 Å². The van der Waals surface area contributed by atoms with Crippen LogP contribution in [0.4, 0.5) is 4.39 Å². The topological polar surface area (TPSA) is 68.5 Å². The number of carbonyl (C=O) groups excluding carboxylic acids is 1. The first kappa shape index (κ1) is 16.5. The molecule has 1 aliphatic rings. The number of carbonyl (C=O) groups is 1. The normalized spacial score (nSPS) is 15.0. The number of nitrogens with one attached hydrogen (secondary N) is 1. The van der Waals surface area contributed by atoms with Crippen molar-refractivity contribution in [3.63, 3.8) is 0 Å². The summed E-state index contributed by atoms with van der Waals surface area (Å²) in [5.74, 6) is 0.774. The fraction of sp³-hybridized carbons (Fsp3) is 0.316. The molecule has 1 amide bonds. The highest BCUT2D eigenvalue weighted by Crippen LogP contribution is 2.32. The van der Waals surface area contributed by atoms with Gasteiger partial charge in [-0.25, -0.2) is 9.37 Å². The van der Waals surface area contributed by atoms with Crippen LogP contribution in [0.15, 0.2) is 36.7 Å². The summed E-state index contributed by atoms with van der Waals surface area (Å²) in [7, 11) is 0. The zero-order valence-electron chi connectivity index (χ0n) is 14.6. The second kappa shape index (κ2) is 6.40. The molecular weight excluding hydrogens is 335 g/mol. The van der Waals surface area contributed by atoms with E-state index in [2.05, 4.69) is 15.3 Å². The van der Waals surface area contributed by atoms with Crippen molar-refractivity contribution in [1.29, 1.82) is 0 Å². The summed E-state index contributed by atoms with van der Waals surface area (Å²) in [5, 5.41) is 2.99. The number of aryl methyl sites for hydroxylation is 1. The standard InChI is InChI=1S/C19H19FN4O2.H2/c1-11-9-16(26-15-7-5-14(20)6-8-15)23-18-17(21-10-24(11)18)19(25)22-12(2)13-3-4-13;/h5-10,12-13H,3-4H2,1-2H3,(H,22,25);1H/t12-;/m0./s1. The van der Waals surface area contributed by atoms with E-state index in [4.69, 9.17) is 4.74 Å². The van der Waals surface area contributed by atoms with Crippen LogP contribution in [-0.2, 0) is 0 Å². The fourth-order valence-corrected chi connectivity index (χ4v) is 2.92. The summed E-state index contributed by atoms with van der Waals surface area (Å²) in [5.41, 5.74) is 1.53. The van der Waals surface area contributed by atoms with Crippen LogP contribution in [0.3, 0.4) is 0 Å². The molecule has 2 aromatic heterocycles. The van der Waals surface area contributed by atoms with Gasteiger partial charge in [0.15, 0.2) is 11.3 Å². The van der Waals surface area contributed by atoms with Gasteiger partial charge in [-0.15, -0.1) is 0 Å². The van der Waals surface area contributed by atoms with Gasteiger partial charge in [-0.05, 0) is 56.9 Å². The van der Waals surface area contributed by atoms with Gasteiger partial charge in [-0.3, -0.25) is 9.20 Å². The SMILES string of the molecule is Cc1cc(Oc2ccc(F)cc2)nc2c(C(=O)N[C@@H](C)C3CC3)ncn12.[HH]. The molecule has 0 unspecified atom stereocenters. The summed E-state index contributed by atoms with van der Waals surface area (Å²) in [6.45, 7) is 3.89. The van der Waals surface area contributed by atoms with Crippen molar-refractivity contribution in [2.24, 2.45) is 5.92 Å². The van der Waals surface area contributed by atoms with Crippen LogP contribution in [0.5, 0.6) is 11.6 Å². The first-order valence-corrected chi connectivity index (χ1v) is 8.60. The van der Waals surface area contributed by atoms with Crippen molar-refractivity contribution >= 4 is 11.6 Å². The van der Waals surface area contributed by atoms with Gasteiger partial charge in [-0.1, -0.05) is 0 Å². The van der Waals surface area contributed by atoms with E-state index in [0.29, 0.717) is 23.2 Å². The lowest BCUT2D eigenvalue weighted by Crippen LogP contribution is -2.34. The second-order valence-electron chi connectivity index (χ2n) is 6.68. The minimum Gasteiger partial charge on any atom is -0.439 e. The smallest absolute Gasteiger partial charge is 0.274 e. The average Bonchev–Trinajstić information content (AvgIpc) is 3.37. The highest BCUT2D eigenvalue weighted by atomic mass is 19.1. The maximum absolute atomic E-state index is 13.0. The van der Waals surface area contributed by atoms with E-state index < -0.39 is 0 Å². The lowest BCUT2D eigenvalue weighted by atomic mass is 10.2. The summed E-state index contributed by atoms with van der Waals surface area (Å²) in [4.78, 5) is 21.2. The predicted octanol–water partition coefficient (Wildman–Crippen LogP) is 3.74. The van der Waals surface area contributed by atoms with Crippen molar-refractivity contribution in [3.05, 3.63) is 53.9 Å². The van der Waals surface area contributed by atoms with Crippen molar-refractivity contribution < 1.29 is 15.3 Å². The summed E-state index contributed by atoms with van der Waals surface area (Å²) >= 11 is 0. The Bertz CT molecular complexity index is 970. The molecule has 136 valence electrons. The molecule has 1 aromatic carbocycles. The number of hydrogen-bond acceptors (Lipinski definition) is 4. The predicted molar refractivity (Wildman–Crippen MR) is 96.0 cm³/mol. The van der Waals surface area contributed by atoms with Gasteiger partial charge in [0.2, 0.25) is 5.88 Å². The third-order valence-electron chi connectivity index (χ3n) is 4.61. The van der Waals surface area contributed by atoms with Crippen LogP contribution in [0.1, 0.15) is 37.4 Å². The molecule has 0 radical (unpaired) electrons. The Hall–Kier alpha value is -2.96. The van der Waals surface area contributed by atoms with Gasteiger partial charge in [0.1, 0.15) is 17.9 Å². The Morgan fingerprint density at radius 2 is 2.12 bits per heavy atom. The van der Waals surface area contributed by atoms with Crippen molar-refractivity contribution in [1.82, 2.24) is 19.7 Å². The number of halogens is 1. The van der Waals surface area contributed by atoms with Crippen molar-refractivity contribution in [2.75, 3.05) is 0 Å². The van der Waals surface area contributed by atoms with Crippen LogP contribution in [0, 0.1) is 18.7 Å². The van der Waals surface area contributed by atoms with Crippen LogP contribution < -0.4 is 10.1 Å². The average molecular weight is 356 g/mol. The molecule has 7 heteroatoms. The number of amides is 1. The third-order valence-corrected chi connectivity index (χ3v) is 4.61. The molecule has 26 heavy (non-hydrogen) atoms. The first-order chi connectivity index (χ1) is 12.5. The Kier molecular flexibility index (Phi) is 4.06. The molecule has 1 atom stereocenters. The molecule has 0 bridgehead atoms. The molecule has 0 saturated heterocycles.